The lowest BCUT2D eigenvalue weighted by Gasteiger charge is -2.09. The van der Waals surface area contributed by atoms with E-state index in [2.05, 4.69) is 64.3 Å². The first kappa shape index (κ1) is 22.8. The van der Waals surface area contributed by atoms with Gasteiger partial charge in [0.15, 0.2) is 17.5 Å². The fourth-order valence-electron chi connectivity index (χ4n) is 4.89. The summed E-state index contributed by atoms with van der Waals surface area (Å²) in [5.41, 5.74) is 7.29. The summed E-state index contributed by atoms with van der Waals surface area (Å²) in [7, 11) is 0. The van der Waals surface area contributed by atoms with E-state index in [1.807, 2.05) is 85.2 Å². The number of nitrogens with zero attached hydrogens (tertiary/aromatic N) is 5. The van der Waals surface area contributed by atoms with Crippen LogP contribution in [-0.4, -0.2) is 24.5 Å². The normalized spacial score (nSPS) is 11.1. The van der Waals surface area contributed by atoms with Gasteiger partial charge >= 0.3 is 0 Å². The molecule has 0 radical (unpaired) electrons. The van der Waals surface area contributed by atoms with Crippen molar-refractivity contribution in [1.29, 1.82) is 0 Å². The van der Waals surface area contributed by atoms with E-state index in [1.165, 1.54) is 5.39 Å². The van der Waals surface area contributed by atoms with Gasteiger partial charge in [0.25, 0.3) is 0 Å². The van der Waals surface area contributed by atoms with E-state index in [-0.39, 0.29) is 0 Å². The van der Waals surface area contributed by atoms with Crippen molar-refractivity contribution in [3.63, 3.8) is 0 Å². The molecule has 4 aromatic carbocycles. The van der Waals surface area contributed by atoms with Gasteiger partial charge in [-0.1, -0.05) is 97.1 Å². The van der Waals surface area contributed by atoms with Crippen LogP contribution in [-0.2, 0) is 0 Å². The number of hydrogen-bond donors (Lipinski definition) is 0. The second kappa shape index (κ2) is 9.80. The lowest BCUT2D eigenvalue weighted by Crippen LogP contribution is -2.00. The number of rotatable bonds is 5. The monoisotopic (exact) mass is 501 g/mol. The number of pyridine rings is 1. The first-order chi connectivity index (χ1) is 19.3. The smallest absolute Gasteiger partial charge is 0.164 e. The fourth-order valence-corrected chi connectivity index (χ4v) is 4.89. The Balaban J connectivity index is 1.39. The van der Waals surface area contributed by atoms with Crippen LogP contribution in [0.25, 0.3) is 61.9 Å². The molecule has 7 aromatic rings. The Labute approximate surface area is 226 Å². The molecule has 0 amide bonds. The highest BCUT2D eigenvalue weighted by molar-refractivity contribution is 5.97. The van der Waals surface area contributed by atoms with Crippen molar-refractivity contribution in [2.75, 3.05) is 0 Å². The quantitative estimate of drug-likeness (QED) is 0.241. The van der Waals surface area contributed by atoms with E-state index in [9.17, 15) is 0 Å². The lowest BCUT2D eigenvalue weighted by atomic mass is 10.0. The van der Waals surface area contributed by atoms with Crippen molar-refractivity contribution in [2.24, 2.45) is 0 Å². The van der Waals surface area contributed by atoms with Gasteiger partial charge in [0.2, 0.25) is 0 Å². The molecular formula is C34H23N5. The van der Waals surface area contributed by atoms with Crippen LogP contribution in [0.4, 0.5) is 0 Å². The minimum Gasteiger partial charge on any atom is -0.316 e. The van der Waals surface area contributed by atoms with Crippen molar-refractivity contribution < 1.29 is 0 Å². The fraction of sp³-hybridized carbons (Fsp3) is 0. The minimum absolute atomic E-state index is 0.641. The Kier molecular flexibility index (Phi) is 5.72. The molecule has 0 bridgehead atoms. The zero-order valence-electron chi connectivity index (χ0n) is 21.0. The molecule has 5 nitrogen and oxygen atoms in total. The topological polar surface area (TPSA) is 56.5 Å². The second-order valence-corrected chi connectivity index (χ2v) is 9.25. The van der Waals surface area contributed by atoms with E-state index >= 15 is 0 Å². The molecular weight excluding hydrogens is 478 g/mol. The van der Waals surface area contributed by atoms with Gasteiger partial charge in [-0.15, -0.1) is 0 Å². The minimum atomic E-state index is 0.641. The summed E-state index contributed by atoms with van der Waals surface area (Å²) >= 11 is 0. The lowest BCUT2D eigenvalue weighted by molar-refractivity contribution is 1.07. The molecule has 3 heterocycles. The van der Waals surface area contributed by atoms with Crippen LogP contribution >= 0.6 is 0 Å². The number of aromatic nitrogens is 5. The molecule has 0 saturated carbocycles. The molecule has 39 heavy (non-hydrogen) atoms. The average molecular weight is 502 g/mol. The standard InChI is InChI=1S/C34H23N5/c1-3-10-24(11-4-1)32-36-33(25-12-5-2-6-13-25)38-34(37-32)27-15-9-14-26(22-27)30-23-39(28-18-20-35-21-19-28)31-17-8-7-16-29(30)31/h1-23H. The summed E-state index contributed by atoms with van der Waals surface area (Å²) in [5, 5.41) is 1.18. The van der Waals surface area contributed by atoms with Crippen molar-refractivity contribution in [3.05, 3.63) is 140 Å². The molecule has 0 unspecified atom stereocenters. The van der Waals surface area contributed by atoms with Crippen LogP contribution in [0.1, 0.15) is 0 Å². The molecule has 0 aliphatic carbocycles. The van der Waals surface area contributed by atoms with Gasteiger partial charge in [-0.25, -0.2) is 15.0 Å². The molecule has 0 N–H and O–H groups in total. The first-order valence-electron chi connectivity index (χ1n) is 12.8. The van der Waals surface area contributed by atoms with Crippen molar-refractivity contribution in [1.82, 2.24) is 24.5 Å². The van der Waals surface area contributed by atoms with Crippen molar-refractivity contribution in [2.45, 2.75) is 0 Å². The Morgan fingerprint density at radius 2 is 1.00 bits per heavy atom. The summed E-state index contributed by atoms with van der Waals surface area (Å²) in [6.07, 6.45) is 5.83. The Morgan fingerprint density at radius 3 is 1.67 bits per heavy atom. The first-order valence-corrected chi connectivity index (χ1v) is 12.8. The van der Waals surface area contributed by atoms with Gasteiger partial charge < -0.3 is 4.57 Å². The molecule has 5 heteroatoms. The third kappa shape index (κ3) is 4.36. The van der Waals surface area contributed by atoms with Crippen LogP contribution in [0.3, 0.4) is 0 Å². The third-order valence-electron chi connectivity index (χ3n) is 6.78. The molecule has 0 atom stereocenters. The SMILES string of the molecule is c1ccc(-c2nc(-c3ccccc3)nc(-c3cccc(-c4cn(-c5ccncc5)c5ccccc45)c3)n2)cc1. The maximum Gasteiger partial charge on any atom is 0.164 e. The summed E-state index contributed by atoms with van der Waals surface area (Å²) in [6.45, 7) is 0. The molecule has 0 fully saturated rings. The predicted molar refractivity (Wildman–Crippen MR) is 156 cm³/mol. The molecule has 0 aliphatic heterocycles. The Hall–Kier alpha value is -5.42. The van der Waals surface area contributed by atoms with Gasteiger partial charge in [-0.3, -0.25) is 4.98 Å². The van der Waals surface area contributed by atoms with Crippen molar-refractivity contribution in [3.8, 4) is 51.0 Å². The highest BCUT2D eigenvalue weighted by Gasteiger charge is 2.15. The van der Waals surface area contributed by atoms with Crippen LogP contribution in [0.5, 0.6) is 0 Å². The zero-order valence-corrected chi connectivity index (χ0v) is 21.0. The van der Waals surface area contributed by atoms with Crippen molar-refractivity contribution >= 4 is 10.9 Å². The number of para-hydroxylation sites is 1. The summed E-state index contributed by atoms with van der Waals surface area (Å²) in [5.74, 6) is 1.95. The van der Waals surface area contributed by atoms with E-state index < -0.39 is 0 Å². The van der Waals surface area contributed by atoms with Crippen LogP contribution in [0, 0.1) is 0 Å². The zero-order chi connectivity index (χ0) is 26.0. The van der Waals surface area contributed by atoms with Gasteiger partial charge in [0.05, 0.1) is 5.52 Å². The van der Waals surface area contributed by atoms with Crippen LogP contribution in [0.2, 0.25) is 0 Å². The molecule has 184 valence electrons. The Bertz CT molecular complexity index is 1840. The molecule has 7 rings (SSSR count). The summed E-state index contributed by atoms with van der Waals surface area (Å²) < 4.78 is 2.21. The van der Waals surface area contributed by atoms with E-state index in [1.54, 1.807) is 0 Å². The highest BCUT2D eigenvalue weighted by atomic mass is 15.0. The van der Waals surface area contributed by atoms with Gasteiger partial charge in [-0.2, -0.15) is 0 Å². The highest BCUT2D eigenvalue weighted by Crippen LogP contribution is 2.34. The van der Waals surface area contributed by atoms with Gasteiger partial charge in [-0.05, 0) is 29.8 Å². The average Bonchev–Trinajstić information content (AvgIpc) is 3.42. The predicted octanol–water partition coefficient (Wildman–Crippen LogP) is 7.88. The van der Waals surface area contributed by atoms with Crippen LogP contribution in [0.15, 0.2) is 140 Å². The molecule has 3 aromatic heterocycles. The summed E-state index contributed by atoms with van der Waals surface area (Å²) in [6, 6.07) is 41.0. The molecule has 0 saturated heterocycles. The van der Waals surface area contributed by atoms with E-state index in [0.29, 0.717) is 17.5 Å². The number of fused-ring (bicyclic) bond motifs is 1. The number of benzene rings is 4. The molecule has 0 aliphatic rings. The third-order valence-corrected chi connectivity index (χ3v) is 6.78. The van der Waals surface area contributed by atoms with E-state index in [0.717, 1.165) is 39.0 Å². The van der Waals surface area contributed by atoms with Gasteiger partial charge in [0.1, 0.15) is 0 Å². The maximum atomic E-state index is 4.91. The largest absolute Gasteiger partial charge is 0.316 e. The second-order valence-electron chi connectivity index (χ2n) is 9.25. The Morgan fingerprint density at radius 1 is 0.462 bits per heavy atom. The van der Waals surface area contributed by atoms with Crippen LogP contribution < -0.4 is 0 Å². The molecule has 0 spiro atoms. The van der Waals surface area contributed by atoms with E-state index in [4.69, 9.17) is 15.0 Å². The van der Waals surface area contributed by atoms with Gasteiger partial charge in [0, 0.05) is 51.9 Å². The number of hydrogen-bond acceptors (Lipinski definition) is 4. The summed E-state index contributed by atoms with van der Waals surface area (Å²) in [4.78, 5) is 18.8. The maximum absolute atomic E-state index is 4.91.